The van der Waals surface area contributed by atoms with Crippen LogP contribution in [0.3, 0.4) is 0 Å². The minimum absolute atomic E-state index is 0.231. The maximum Gasteiger partial charge on any atom is 0.123 e. The molecule has 2 aromatic carbocycles. The normalized spacial score (nSPS) is 11.3. The third kappa shape index (κ3) is 3.39. The van der Waals surface area contributed by atoms with Crippen LogP contribution in [0.4, 0.5) is 5.69 Å². The fraction of sp³-hybridized carbons (Fsp3) is 0.250. The molecule has 2 rings (SSSR count). The van der Waals surface area contributed by atoms with Crippen molar-refractivity contribution in [2.24, 2.45) is 0 Å². The summed E-state index contributed by atoms with van der Waals surface area (Å²) in [4.78, 5) is 0.231. The molecule has 0 saturated carbocycles. The molecule has 0 aliphatic rings. The van der Waals surface area contributed by atoms with Crippen LogP contribution in [-0.4, -0.2) is 8.42 Å². The van der Waals surface area contributed by atoms with E-state index < -0.39 is 10.0 Å². The molecule has 0 amide bonds. The van der Waals surface area contributed by atoms with E-state index in [9.17, 15) is 8.42 Å². The van der Waals surface area contributed by atoms with Crippen molar-refractivity contribution < 1.29 is 8.42 Å². The molecule has 0 saturated heterocycles. The molecule has 4 heteroatoms. The van der Waals surface area contributed by atoms with E-state index in [1.165, 1.54) is 0 Å². The molecule has 0 aromatic heterocycles. The smallest absolute Gasteiger partial charge is 0.123 e. The third-order valence-corrected chi connectivity index (χ3v) is 4.35. The summed E-state index contributed by atoms with van der Waals surface area (Å²) < 4.78 is 28.6. The van der Waals surface area contributed by atoms with Crippen LogP contribution in [0, 0.1) is 6.92 Å². The second-order valence-electron chi connectivity index (χ2n) is 4.76. The van der Waals surface area contributed by atoms with Gasteiger partial charge in [0, 0.05) is 0 Å². The van der Waals surface area contributed by atoms with Crippen LogP contribution in [0.15, 0.2) is 53.4 Å². The standard InChI is InChI=1S/C16H18NO2S/c1-3-6-14-7-4-5-8-16(14)17-20(18,19)15-11-9-13(2)10-12-15/h4-5,7-12H,3,6H2,1-2H3/q-1. The molecule has 0 atom stereocenters. The van der Waals surface area contributed by atoms with Crippen LogP contribution in [0.5, 0.6) is 0 Å². The van der Waals surface area contributed by atoms with Crippen LogP contribution in [-0.2, 0) is 16.4 Å². The highest BCUT2D eigenvalue weighted by atomic mass is 32.2. The fourth-order valence-corrected chi connectivity index (χ4v) is 3.00. The van der Waals surface area contributed by atoms with Gasteiger partial charge < -0.3 is 4.72 Å². The summed E-state index contributed by atoms with van der Waals surface area (Å²) in [6, 6.07) is 14.1. The first-order valence-corrected chi connectivity index (χ1v) is 8.09. The molecule has 20 heavy (non-hydrogen) atoms. The van der Waals surface area contributed by atoms with E-state index in [4.69, 9.17) is 0 Å². The second kappa shape index (κ2) is 6.09. The van der Waals surface area contributed by atoms with Gasteiger partial charge in [-0.1, -0.05) is 60.9 Å². The number of nitrogens with zero attached hydrogens (tertiary/aromatic N) is 1. The van der Waals surface area contributed by atoms with Gasteiger partial charge in [0.05, 0.1) is 4.90 Å². The van der Waals surface area contributed by atoms with Crippen LogP contribution in [0.25, 0.3) is 4.72 Å². The van der Waals surface area contributed by atoms with E-state index >= 15 is 0 Å². The SMILES string of the molecule is CCCc1ccccc1[N-]S(=O)(=O)c1ccc(C)cc1. The van der Waals surface area contributed by atoms with Gasteiger partial charge in [0.15, 0.2) is 0 Å². The summed E-state index contributed by atoms with van der Waals surface area (Å²) in [5.41, 5.74) is 2.52. The van der Waals surface area contributed by atoms with Crippen LogP contribution >= 0.6 is 0 Å². The van der Waals surface area contributed by atoms with Gasteiger partial charge in [0.2, 0.25) is 0 Å². The van der Waals surface area contributed by atoms with Gasteiger partial charge in [-0.25, -0.2) is 8.42 Å². The Kier molecular flexibility index (Phi) is 4.45. The highest BCUT2D eigenvalue weighted by Gasteiger charge is 2.05. The Morgan fingerprint density at radius 2 is 1.65 bits per heavy atom. The second-order valence-corrected chi connectivity index (χ2v) is 6.36. The maximum absolute atomic E-state index is 12.3. The molecule has 3 nitrogen and oxygen atoms in total. The largest absolute Gasteiger partial charge is 0.572 e. The first kappa shape index (κ1) is 14.6. The summed E-state index contributed by atoms with van der Waals surface area (Å²) in [7, 11) is -3.65. The number of sulfonamides is 1. The summed E-state index contributed by atoms with van der Waals surface area (Å²) in [6.07, 6.45) is 1.78. The number of hydrogen-bond donors (Lipinski definition) is 0. The Hall–Kier alpha value is -1.81. The molecule has 0 heterocycles. The van der Waals surface area contributed by atoms with E-state index in [0.29, 0.717) is 5.69 Å². The Morgan fingerprint density at radius 1 is 1.00 bits per heavy atom. The number of rotatable bonds is 5. The predicted molar refractivity (Wildman–Crippen MR) is 81.8 cm³/mol. The van der Waals surface area contributed by atoms with Crippen molar-refractivity contribution in [2.75, 3.05) is 0 Å². The van der Waals surface area contributed by atoms with Crippen molar-refractivity contribution in [3.63, 3.8) is 0 Å². The van der Waals surface area contributed by atoms with E-state index in [2.05, 4.69) is 11.6 Å². The number of aryl methyl sites for hydroxylation is 2. The zero-order valence-electron chi connectivity index (χ0n) is 11.7. The molecule has 0 radical (unpaired) electrons. The van der Waals surface area contributed by atoms with E-state index in [0.717, 1.165) is 24.0 Å². The quantitative estimate of drug-likeness (QED) is 0.821. The van der Waals surface area contributed by atoms with Gasteiger partial charge in [0.1, 0.15) is 10.0 Å². The highest BCUT2D eigenvalue weighted by Crippen LogP contribution is 2.31. The van der Waals surface area contributed by atoms with Crippen LogP contribution < -0.4 is 0 Å². The summed E-state index contributed by atoms with van der Waals surface area (Å²) in [5.74, 6) is 0. The van der Waals surface area contributed by atoms with E-state index in [1.807, 2.05) is 25.1 Å². The Morgan fingerprint density at radius 3 is 2.30 bits per heavy atom. The van der Waals surface area contributed by atoms with Gasteiger partial charge in [-0.05, 0) is 25.5 Å². The molecule has 0 spiro atoms. The Bertz CT molecular complexity index is 676. The number of benzene rings is 2. The first-order chi connectivity index (χ1) is 9.53. The van der Waals surface area contributed by atoms with Crippen molar-refractivity contribution >= 4 is 15.7 Å². The molecular formula is C16H18NO2S-. The van der Waals surface area contributed by atoms with E-state index in [-0.39, 0.29) is 4.90 Å². The minimum Gasteiger partial charge on any atom is -0.572 e. The van der Waals surface area contributed by atoms with Gasteiger partial charge >= 0.3 is 0 Å². The average molecular weight is 288 g/mol. The summed E-state index contributed by atoms with van der Waals surface area (Å²) in [5, 5.41) is 0. The van der Waals surface area contributed by atoms with Crippen molar-refractivity contribution in [1.82, 2.24) is 0 Å². The molecule has 106 valence electrons. The van der Waals surface area contributed by atoms with Gasteiger partial charge in [0.25, 0.3) is 0 Å². The van der Waals surface area contributed by atoms with Gasteiger partial charge in [-0.15, -0.1) is 5.69 Å². The zero-order valence-corrected chi connectivity index (χ0v) is 12.5. The lowest BCUT2D eigenvalue weighted by atomic mass is 10.1. The molecule has 0 unspecified atom stereocenters. The molecule has 2 aromatic rings. The molecule has 0 N–H and O–H groups in total. The summed E-state index contributed by atoms with van der Waals surface area (Å²) in [6.45, 7) is 3.98. The molecule has 0 aliphatic heterocycles. The van der Waals surface area contributed by atoms with Crippen molar-refractivity contribution in [1.29, 1.82) is 0 Å². The predicted octanol–water partition coefficient (Wildman–Crippen LogP) is 4.34. The van der Waals surface area contributed by atoms with Gasteiger partial charge in [-0.3, -0.25) is 0 Å². The zero-order chi connectivity index (χ0) is 14.6. The summed E-state index contributed by atoms with van der Waals surface area (Å²) >= 11 is 0. The van der Waals surface area contributed by atoms with Crippen molar-refractivity contribution in [2.45, 2.75) is 31.6 Å². The van der Waals surface area contributed by atoms with E-state index in [1.54, 1.807) is 30.3 Å². The highest BCUT2D eigenvalue weighted by molar-refractivity contribution is 7.94. The number of hydrogen-bond acceptors (Lipinski definition) is 2. The molecular weight excluding hydrogens is 270 g/mol. The van der Waals surface area contributed by atoms with Crippen LogP contribution in [0.2, 0.25) is 0 Å². The van der Waals surface area contributed by atoms with Crippen molar-refractivity contribution in [3.8, 4) is 0 Å². The molecule has 0 bridgehead atoms. The fourth-order valence-electron chi connectivity index (χ4n) is 1.97. The topological polar surface area (TPSA) is 48.2 Å². The third-order valence-electron chi connectivity index (χ3n) is 3.05. The monoisotopic (exact) mass is 288 g/mol. The van der Waals surface area contributed by atoms with Gasteiger partial charge in [-0.2, -0.15) is 0 Å². The molecule has 0 aliphatic carbocycles. The molecule has 0 fully saturated rings. The minimum atomic E-state index is -3.65. The average Bonchev–Trinajstić information content (AvgIpc) is 2.41. The Balaban J connectivity index is 2.31. The lowest BCUT2D eigenvalue weighted by Gasteiger charge is -2.25. The Labute approximate surface area is 120 Å². The maximum atomic E-state index is 12.3. The lowest BCUT2D eigenvalue weighted by Crippen LogP contribution is -1.99. The first-order valence-electron chi connectivity index (χ1n) is 6.65. The lowest BCUT2D eigenvalue weighted by molar-refractivity contribution is 0.603. The van der Waals surface area contributed by atoms with Crippen LogP contribution in [0.1, 0.15) is 24.5 Å². The van der Waals surface area contributed by atoms with Crippen molar-refractivity contribution in [3.05, 3.63) is 64.4 Å².